The molecule has 0 saturated heterocycles. The quantitative estimate of drug-likeness (QED) is 0.309. The van der Waals surface area contributed by atoms with Crippen LogP contribution < -0.4 is 16.0 Å². The first-order valence-electron chi connectivity index (χ1n) is 10.7. The lowest BCUT2D eigenvalue weighted by Gasteiger charge is -2.07. The Bertz CT molecular complexity index is 467. The van der Waals surface area contributed by atoms with Crippen LogP contribution in [0.25, 0.3) is 0 Å². The average molecular weight is 398 g/mol. The Hall–Kier alpha value is -1.92. The van der Waals surface area contributed by atoms with Gasteiger partial charge in [0.25, 0.3) is 0 Å². The standard InChI is InChI=1S/C21H39N3O4/c1-3-22-19(26)13-8-9-15-21(28)24-17-11-5-4-10-16-23-20(27)14-7-6-12-18(2)25/h3-17H2,1-2H3,(H,22,26)(H,23,27)(H,24,28). The third-order valence-corrected chi connectivity index (χ3v) is 4.36. The van der Waals surface area contributed by atoms with Gasteiger partial charge in [0, 0.05) is 45.3 Å². The van der Waals surface area contributed by atoms with Crippen molar-refractivity contribution < 1.29 is 19.2 Å². The second-order valence-electron chi connectivity index (χ2n) is 7.18. The maximum absolute atomic E-state index is 11.7. The van der Waals surface area contributed by atoms with E-state index in [0.717, 1.165) is 51.4 Å². The Morgan fingerprint density at radius 2 is 0.929 bits per heavy atom. The van der Waals surface area contributed by atoms with Crippen LogP contribution in [0.5, 0.6) is 0 Å². The molecule has 0 unspecified atom stereocenters. The van der Waals surface area contributed by atoms with Crippen molar-refractivity contribution in [1.29, 1.82) is 0 Å². The Morgan fingerprint density at radius 1 is 0.536 bits per heavy atom. The molecule has 0 aromatic carbocycles. The fourth-order valence-electron chi connectivity index (χ4n) is 2.75. The van der Waals surface area contributed by atoms with Crippen molar-refractivity contribution in [3.8, 4) is 0 Å². The van der Waals surface area contributed by atoms with Gasteiger partial charge >= 0.3 is 0 Å². The molecule has 0 spiro atoms. The predicted octanol–water partition coefficient (Wildman–Crippen LogP) is 2.63. The van der Waals surface area contributed by atoms with Gasteiger partial charge < -0.3 is 20.7 Å². The molecular weight excluding hydrogens is 358 g/mol. The fraction of sp³-hybridized carbons (Fsp3) is 0.810. The van der Waals surface area contributed by atoms with Crippen molar-refractivity contribution >= 4 is 23.5 Å². The largest absolute Gasteiger partial charge is 0.356 e. The van der Waals surface area contributed by atoms with Crippen LogP contribution in [0.2, 0.25) is 0 Å². The van der Waals surface area contributed by atoms with Gasteiger partial charge in [-0.1, -0.05) is 12.8 Å². The summed E-state index contributed by atoms with van der Waals surface area (Å²) in [5.74, 6) is 0.330. The van der Waals surface area contributed by atoms with Gasteiger partial charge in [-0.25, -0.2) is 0 Å². The van der Waals surface area contributed by atoms with Crippen molar-refractivity contribution in [2.75, 3.05) is 19.6 Å². The van der Waals surface area contributed by atoms with Gasteiger partial charge in [0.15, 0.2) is 0 Å². The van der Waals surface area contributed by atoms with Gasteiger partial charge in [0.1, 0.15) is 5.78 Å². The molecule has 3 N–H and O–H groups in total. The summed E-state index contributed by atoms with van der Waals surface area (Å²) in [5.41, 5.74) is 0. The number of nitrogens with one attached hydrogen (secondary N) is 3. The molecule has 0 atom stereocenters. The third kappa shape index (κ3) is 18.9. The molecule has 3 amide bonds. The summed E-state index contributed by atoms with van der Waals surface area (Å²) < 4.78 is 0. The van der Waals surface area contributed by atoms with E-state index in [1.165, 1.54) is 0 Å². The smallest absolute Gasteiger partial charge is 0.219 e. The van der Waals surface area contributed by atoms with Crippen molar-refractivity contribution in [2.24, 2.45) is 0 Å². The minimum absolute atomic E-state index is 0.0482. The highest BCUT2D eigenvalue weighted by molar-refractivity contribution is 5.77. The normalized spacial score (nSPS) is 10.4. The van der Waals surface area contributed by atoms with Crippen molar-refractivity contribution in [3.05, 3.63) is 0 Å². The maximum Gasteiger partial charge on any atom is 0.219 e. The number of carbonyl (C=O) groups excluding carboxylic acids is 4. The van der Waals surface area contributed by atoms with Gasteiger partial charge in [0.05, 0.1) is 0 Å². The number of amides is 3. The number of carbonyl (C=O) groups is 4. The summed E-state index contributed by atoms with van der Waals surface area (Å²) in [6, 6.07) is 0. The lowest BCUT2D eigenvalue weighted by Crippen LogP contribution is -2.25. The van der Waals surface area contributed by atoms with Crippen molar-refractivity contribution in [2.45, 2.75) is 90.9 Å². The third-order valence-electron chi connectivity index (χ3n) is 4.36. The summed E-state index contributed by atoms with van der Waals surface area (Å²) in [7, 11) is 0. The zero-order chi connectivity index (χ0) is 21.0. The molecule has 0 saturated carbocycles. The molecule has 0 bridgehead atoms. The molecule has 0 rings (SSSR count). The summed E-state index contributed by atoms with van der Waals surface area (Å²) >= 11 is 0. The van der Waals surface area contributed by atoms with Crippen LogP contribution >= 0.6 is 0 Å². The van der Waals surface area contributed by atoms with E-state index in [1.54, 1.807) is 6.92 Å². The molecule has 0 heterocycles. The Kier molecular flexibility index (Phi) is 17.2. The monoisotopic (exact) mass is 397 g/mol. The Balaban J connectivity index is 3.35. The zero-order valence-corrected chi connectivity index (χ0v) is 17.7. The summed E-state index contributed by atoms with van der Waals surface area (Å²) in [6.45, 7) is 5.47. The minimum atomic E-state index is 0.0482. The number of rotatable bonds is 18. The summed E-state index contributed by atoms with van der Waals surface area (Å²) in [4.78, 5) is 45.4. The molecule has 162 valence electrons. The molecule has 28 heavy (non-hydrogen) atoms. The number of Topliss-reactive ketones (excluding diaryl/α,β-unsaturated/α-hetero) is 1. The van der Waals surface area contributed by atoms with Crippen molar-refractivity contribution in [1.82, 2.24) is 16.0 Å². The van der Waals surface area contributed by atoms with Crippen LogP contribution in [0.1, 0.15) is 90.9 Å². The van der Waals surface area contributed by atoms with Crippen LogP contribution in [0.15, 0.2) is 0 Å². The van der Waals surface area contributed by atoms with Gasteiger partial charge in [-0.3, -0.25) is 14.4 Å². The molecule has 0 aliphatic rings. The molecule has 0 fully saturated rings. The van der Waals surface area contributed by atoms with Crippen LogP contribution in [-0.2, 0) is 19.2 Å². The van der Waals surface area contributed by atoms with Gasteiger partial charge in [-0.15, -0.1) is 0 Å². The molecule has 7 heteroatoms. The van der Waals surface area contributed by atoms with E-state index in [4.69, 9.17) is 0 Å². The van der Waals surface area contributed by atoms with E-state index < -0.39 is 0 Å². The first-order chi connectivity index (χ1) is 13.5. The van der Waals surface area contributed by atoms with Crippen LogP contribution in [0.3, 0.4) is 0 Å². The molecule has 0 aromatic rings. The first kappa shape index (κ1) is 26.1. The second-order valence-corrected chi connectivity index (χ2v) is 7.18. The second kappa shape index (κ2) is 18.4. The van der Waals surface area contributed by atoms with Crippen LogP contribution in [0, 0.1) is 0 Å². The SMILES string of the molecule is CCNC(=O)CCCCC(=O)NCCCCCCNC(=O)CCCCC(C)=O. The number of ketones is 1. The van der Waals surface area contributed by atoms with E-state index in [-0.39, 0.29) is 23.5 Å². The van der Waals surface area contributed by atoms with Crippen molar-refractivity contribution in [3.63, 3.8) is 0 Å². The highest BCUT2D eigenvalue weighted by Gasteiger charge is 2.04. The maximum atomic E-state index is 11.7. The highest BCUT2D eigenvalue weighted by Crippen LogP contribution is 2.02. The average Bonchev–Trinajstić information content (AvgIpc) is 2.64. The first-order valence-corrected chi connectivity index (χ1v) is 10.7. The van der Waals surface area contributed by atoms with Crippen LogP contribution in [-0.4, -0.2) is 43.1 Å². The summed E-state index contributed by atoms with van der Waals surface area (Å²) in [5, 5.41) is 8.55. The fourth-order valence-corrected chi connectivity index (χ4v) is 2.75. The van der Waals surface area contributed by atoms with E-state index in [9.17, 15) is 19.2 Å². The van der Waals surface area contributed by atoms with Crippen LogP contribution in [0.4, 0.5) is 0 Å². The number of hydrogen-bond acceptors (Lipinski definition) is 4. The zero-order valence-electron chi connectivity index (χ0n) is 17.7. The topological polar surface area (TPSA) is 104 Å². The Morgan fingerprint density at radius 3 is 1.32 bits per heavy atom. The van der Waals surface area contributed by atoms with Gasteiger partial charge in [0.2, 0.25) is 17.7 Å². The predicted molar refractivity (Wildman–Crippen MR) is 111 cm³/mol. The minimum Gasteiger partial charge on any atom is -0.356 e. The molecule has 0 aliphatic carbocycles. The number of unbranched alkanes of at least 4 members (excludes halogenated alkanes) is 5. The van der Waals surface area contributed by atoms with E-state index in [2.05, 4.69) is 16.0 Å². The van der Waals surface area contributed by atoms with E-state index in [0.29, 0.717) is 45.3 Å². The Labute approximate surface area is 169 Å². The molecule has 0 radical (unpaired) electrons. The lowest BCUT2D eigenvalue weighted by molar-refractivity contribution is -0.123. The molecular formula is C21H39N3O4. The van der Waals surface area contributed by atoms with Gasteiger partial charge in [-0.05, 0) is 52.4 Å². The van der Waals surface area contributed by atoms with E-state index in [1.807, 2.05) is 6.92 Å². The number of hydrogen-bond donors (Lipinski definition) is 3. The molecule has 0 aromatic heterocycles. The lowest BCUT2D eigenvalue weighted by atomic mass is 10.1. The van der Waals surface area contributed by atoms with Gasteiger partial charge in [-0.2, -0.15) is 0 Å². The molecule has 0 aliphatic heterocycles. The summed E-state index contributed by atoms with van der Waals surface area (Å²) in [6.07, 6.45) is 8.92. The highest BCUT2D eigenvalue weighted by atomic mass is 16.2. The molecule has 7 nitrogen and oxygen atoms in total. The van der Waals surface area contributed by atoms with E-state index >= 15 is 0 Å².